The van der Waals surface area contributed by atoms with Gasteiger partial charge in [-0.1, -0.05) is 133 Å². The molecule has 0 unspecified atom stereocenters. The van der Waals surface area contributed by atoms with Crippen molar-refractivity contribution in [3.63, 3.8) is 0 Å². The zero-order valence-electron chi connectivity index (χ0n) is 32.1. The molecule has 0 aliphatic carbocycles. The lowest BCUT2D eigenvalue weighted by Gasteiger charge is -2.25. The summed E-state index contributed by atoms with van der Waals surface area (Å²) in [6, 6.07) is 45.1. The first kappa shape index (κ1) is 34.7. The number of anilines is 2. The second-order valence-corrected chi connectivity index (χ2v) is 14.7. The molecule has 6 heteroatoms. The van der Waals surface area contributed by atoms with E-state index in [9.17, 15) is 0 Å². The number of hydrogen-bond donors (Lipinski definition) is 2. The number of aliphatic imine (C=N–C) groups is 4. The molecule has 6 nitrogen and oxygen atoms in total. The Balaban J connectivity index is 1.27. The van der Waals surface area contributed by atoms with E-state index >= 15 is 0 Å². The van der Waals surface area contributed by atoms with Crippen molar-refractivity contribution in [3.8, 4) is 24.7 Å². The minimum Gasteiger partial charge on any atom is -0.350 e. The summed E-state index contributed by atoms with van der Waals surface area (Å²) in [5.41, 5.74) is 18.1. The summed E-state index contributed by atoms with van der Waals surface area (Å²) in [4.78, 5) is 21.9. The molecule has 0 spiro atoms. The van der Waals surface area contributed by atoms with Crippen LogP contribution in [0.3, 0.4) is 0 Å². The SMILES string of the molecule is C#Cc1cc2c(cc1C#C)NC1=C(N2)C2=NC1=C(c1ccccc1)C1=NC(=C(c3ccccc3)C3=NC(=C(c4ccccc4)C4=NC(=C2c2ccccc2)C=C4)C=C3)C=C1. The van der Waals surface area contributed by atoms with Crippen molar-refractivity contribution in [2.75, 3.05) is 10.6 Å². The number of allylic oxidation sites excluding steroid dienone is 10. The van der Waals surface area contributed by atoms with Gasteiger partial charge in [0.15, 0.2) is 0 Å². The van der Waals surface area contributed by atoms with Crippen molar-refractivity contribution in [2.45, 2.75) is 0 Å². The van der Waals surface area contributed by atoms with E-state index < -0.39 is 0 Å². The highest BCUT2D eigenvalue weighted by Crippen LogP contribution is 2.45. The fourth-order valence-corrected chi connectivity index (χ4v) is 8.39. The van der Waals surface area contributed by atoms with Gasteiger partial charge >= 0.3 is 0 Å². The van der Waals surface area contributed by atoms with Gasteiger partial charge in [0.2, 0.25) is 0 Å². The first-order valence-corrected chi connectivity index (χ1v) is 19.6. The Morgan fingerprint density at radius 1 is 0.383 bits per heavy atom. The maximum Gasteiger partial charge on any atom is 0.0995 e. The molecule has 0 fully saturated rings. The fourth-order valence-electron chi connectivity index (χ4n) is 8.39. The van der Waals surface area contributed by atoms with Crippen molar-refractivity contribution in [1.82, 2.24) is 0 Å². The van der Waals surface area contributed by atoms with Gasteiger partial charge in [0.1, 0.15) is 0 Å². The summed E-state index contributed by atoms with van der Waals surface area (Å²) in [7, 11) is 0. The number of hydrogen-bond acceptors (Lipinski definition) is 6. The summed E-state index contributed by atoms with van der Waals surface area (Å²) >= 11 is 0. The Morgan fingerprint density at radius 3 is 1.18 bits per heavy atom. The Kier molecular flexibility index (Phi) is 8.15. The van der Waals surface area contributed by atoms with Crippen LogP contribution in [-0.2, 0) is 0 Å². The van der Waals surface area contributed by atoms with E-state index in [1.54, 1.807) is 0 Å². The third-order valence-electron chi connectivity index (χ3n) is 11.1. The van der Waals surface area contributed by atoms with Crippen LogP contribution in [0.25, 0.3) is 22.3 Å². The van der Waals surface area contributed by atoms with Gasteiger partial charge in [0, 0.05) is 33.4 Å². The van der Waals surface area contributed by atoms with E-state index in [-0.39, 0.29) is 0 Å². The highest BCUT2D eigenvalue weighted by molar-refractivity contribution is 6.41. The number of benzene rings is 5. The molecule has 60 heavy (non-hydrogen) atoms. The van der Waals surface area contributed by atoms with E-state index in [1.807, 2.05) is 84.9 Å². The van der Waals surface area contributed by atoms with Crippen molar-refractivity contribution in [1.29, 1.82) is 0 Å². The maximum atomic E-state index is 5.98. The van der Waals surface area contributed by atoms with Crippen LogP contribution in [0.4, 0.5) is 11.4 Å². The van der Waals surface area contributed by atoms with Crippen LogP contribution in [0.5, 0.6) is 0 Å². The smallest absolute Gasteiger partial charge is 0.0995 e. The van der Waals surface area contributed by atoms with Crippen LogP contribution < -0.4 is 10.6 Å². The summed E-state index contributed by atoms with van der Waals surface area (Å²) in [5.74, 6) is 5.55. The second-order valence-electron chi connectivity index (χ2n) is 14.7. The molecule has 5 aromatic rings. The normalized spacial score (nSPS) is 17.1. The number of terminal acetylenes is 2. The van der Waals surface area contributed by atoms with Crippen LogP contribution in [0.15, 0.2) is 224 Å². The van der Waals surface area contributed by atoms with Gasteiger partial charge in [-0.25, -0.2) is 20.0 Å². The first-order valence-electron chi connectivity index (χ1n) is 19.6. The van der Waals surface area contributed by atoms with Crippen LogP contribution in [0.1, 0.15) is 33.4 Å². The number of nitrogens with one attached hydrogen (secondary N) is 2. The molecule has 2 N–H and O–H groups in total. The molecule has 0 saturated carbocycles. The molecule has 0 saturated heterocycles. The van der Waals surface area contributed by atoms with Crippen molar-refractivity contribution < 1.29 is 0 Å². The first-order chi connectivity index (χ1) is 29.6. The largest absolute Gasteiger partial charge is 0.350 e. The third kappa shape index (κ3) is 5.71. The lowest BCUT2D eigenvalue weighted by Crippen LogP contribution is -2.21. The predicted octanol–water partition coefficient (Wildman–Crippen LogP) is 10.8. The third-order valence-corrected chi connectivity index (χ3v) is 11.1. The molecule has 8 bridgehead atoms. The van der Waals surface area contributed by atoms with E-state index in [0.717, 1.165) is 113 Å². The maximum absolute atomic E-state index is 5.98. The lowest BCUT2D eigenvalue weighted by atomic mass is 9.94. The van der Waals surface area contributed by atoms with Crippen molar-refractivity contribution in [2.24, 2.45) is 20.0 Å². The summed E-state index contributed by atoms with van der Waals surface area (Å²) in [6.07, 6.45) is 24.5. The fraction of sp³-hybridized carbons (Fsp3) is 0. The van der Waals surface area contributed by atoms with Gasteiger partial charge in [-0.15, -0.1) is 12.8 Å². The zero-order valence-corrected chi connectivity index (χ0v) is 32.1. The Bertz CT molecular complexity index is 3200. The quantitative estimate of drug-likeness (QED) is 0.179. The van der Waals surface area contributed by atoms with Crippen LogP contribution in [0.2, 0.25) is 0 Å². The lowest BCUT2D eigenvalue weighted by molar-refractivity contribution is 1.28. The molecule has 5 aromatic carbocycles. The van der Waals surface area contributed by atoms with Gasteiger partial charge in [0.25, 0.3) is 0 Å². The average molecular weight is 765 g/mol. The molecule has 0 atom stereocenters. The zero-order chi connectivity index (χ0) is 40.2. The van der Waals surface area contributed by atoms with E-state index in [1.165, 1.54) is 0 Å². The summed E-state index contributed by atoms with van der Waals surface area (Å²) in [6.45, 7) is 0. The molecule has 6 aliphatic heterocycles. The highest BCUT2D eigenvalue weighted by Gasteiger charge is 2.36. The topological polar surface area (TPSA) is 73.5 Å². The predicted molar refractivity (Wildman–Crippen MR) is 247 cm³/mol. The molecule has 6 aliphatic rings. The number of rotatable bonds is 4. The van der Waals surface area contributed by atoms with Gasteiger partial charge < -0.3 is 10.6 Å². The molecule has 0 radical (unpaired) electrons. The molecule has 0 amide bonds. The number of nitrogens with zero attached hydrogens (tertiary/aromatic N) is 4. The van der Waals surface area contributed by atoms with Crippen molar-refractivity contribution >= 4 is 56.5 Å². The molecular formula is C54H32N6. The summed E-state index contributed by atoms with van der Waals surface area (Å²) in [5, 5.41) is 7.53. The standard InChI is InChI=1S/C54H32N6/c1-3-33-31-45-46(32-34(33)4-2)59-54-52-50(38-23-15-8-16-24-38)44-30-28-42(57-44)48(36-19-11-6-12-20-36)40-26-25-39(55-40)47(35-17-9-5-10-18-35)41-27-29-43(56-41)49(37-21-13-7-14-22-37)51(60-52)53(54)58-45/h1-2,5-32,58-59H. The second kappa shape index (κ2) is 14.1. The summed E-state index contributed by atoms with van der Waals surface area (Å²) < 4.78 is 0. The van der Waals surface area contributed by atoms with E-state index in [0.29, 0.717) is 11.1 Å². The average Bonchev–Trinajstić information content (AvgIpc) is 4.14. The highest BCUT2D eigenvalue weighted by atomic mass is 15.1. The number of fused-ring (bicyclic) bond motifs is 7. The Hall–Kier alpha value is -8.58. The van der Waals surface area contributed by atoms with Gasteiger partial charge in [-0.2, -0.15) is 0 Å². The Morgan fingerprint density at radius 2 is 0.750 bits per heavy atom. The van der Waals surface area contributed by atoms with E-state index in [2.05, 4.69) is 107 Å². The van der Waals surface area contributed by atoms with Crippen LogP contribution in [0, 0.1) is 24.7 Å². The van der Waals surface area contributed by atoms with Crippen LogP contribution >= 0.6 is 0 Å². The monoisotopic (exact) mass is 764 g/mol. The van der Waals surface area contributed by atoms with E-state index in [4.69, 9.17) is 32.8 Å². The molecule has 11 rings (SSSR count). The minimum atomic E-state index is 0.624. The van der Waals surface area contributed by atoms with Crippen molar-refractivity contribution in [3.05, 3.63) is 237 Å². The molecule has 0 aromatic heterocycles. The van der Waals surface area contributed by atoms with Gasteiger partial charge in [-0.05, 0) is 70.8 Å². The molecule has 6 heterocycles. The minimum absolute atomic E-state index is 0.624. The van der Waals surface area contributed by atoms with Crippen LogP contribution in [-0.4, -0.2) is 22.8 Å². The molecule has 278 valence electrons. The Labute approximate surface area is 348 Å². The van der Waals surface area contributed by atoms with Gasteiger partial charge in [0.05, 0.1) is 68.4 Å². The van der Waals surface area contributed by atoms with Gasteiger partial charge in [-0.3, -0.25) is 0 Å². The molecular weight excluding hydrogens is 733 g/mol.